The lowest BCUT2D eigenvalue weighted by molar-refractivity contribution is -0.184. The minimum Gasteiger partial charge on any atom is -0.387 e. The van der Waals surface area contributed by atoms with Gasteiger partial charge in [0.2, 0.25) is 0 Å². The molecule has 16 heavy (non-hydrogen) atoms. The molecule has 0 aromatic heterocycles. The Bertz CT molecular complexity index is 272. The van der Waals surface area contributed by atoms with Gasteiger partial charge in [-0.2, -0.15) is 0 Å². The Morgan fingerprint density at radius 1 is 0.938 bits per heavy atom. The summed E-state index contributed by atoms with van der Waals surface area (Å²) in [6, 6.07) is 0. The van der Waals surface area contributed by atoms with Gasteiger partial charge in [-0.3, -0.25) is 0 Å². The minimum absolute atomic E-state index is 0.248. The largest absolute Gasteiger partial charge is 0.387 e. The molecule has 0 saturated carbocycles. The van der Waals surface area contributed by atoms with Crippen LogP contribution in [0.4, 0.5) is 0 Å². The van der Waals surface area contributed by atoms with E-state index in [2.05, 4.69) is 0 Å². The van der Waals surface area contributed by atoms with Crippen molar-refractivity contribution < 1.29 is 28.8 Å². The monoisotopic (exact) mass is 232 g/mol. The fraction of sp³-hybridized carbons (Fsp3) is 1.00. The summed E-state index contributed by atoms with van der Waals surface area (Å²) >= 11 is 0. The molecule has 92 valence electrons. The second-order valence-electron chi connectivity index (χ2n) is 4.34. The van der Waals surface area contributed by atoms with E-state index in [-0.39, 0.29) is 18.7 Å². The number of aliphatic hydroxyl groups excluding tert-OH is 1. The van der Waals surface area contributed by atoms with Crippen molar-refractivity contribution in [3.8, 4) is 0 Å². The maximum Gasteiger partial charge on any atom is 0.190 e. The highest BCUT2D eigenvalue weighted by Crippen LogP contribution is 2.35. The Kier molecular flexibility index (Phi) is 2.66. The molecule has 6 heteroatoms. The van der Waals surface area contributed by atoms with Gasteiger partial charge in [0.15, 0.2) is 18.9 Å². The van der Waals surface area contributed by atoms with Crippen LogP contribution in [0.5, 0.6) is 0 Å². The average Bonchev–Trinajstić information content (AvgIpc) is 2.85. The van der Waals surface area contributed by atoms with Gasteiger partial charge in [-0.15, -0.1) is 0 Å². The smallest absolute Gasteiger partial charge is 0.190 e. The van der Waals surface area contributed by atoms with Gasteiger partial charge >= 0.3 is 0 Å². The molecular formula is C10H16O6. The van der Waals surface area contributed by atoms with Crippen molar-refractivity contribution in [3.63, 3.8) is 0 Å². The molecular weight excluding hydrogens is 216 g/mol. The van der Waals surface area contributed by atoms with Gasteiger partial charge in [0, 0.05) is 0 Å². The summed E-state index contributed by atoms with van der Waals surface area (Å²) in [4.78, 5) is 0. The molecule has 3 fully saturated rings. The number of hydrogen-bond acceptors (Lipinski definition) is 6. The lowest BCUT2D eigenvalue weighted by Gasteiger charge is -2.21. The zero-order chi connectivity index (χ0) is 11.3. The zero-order valence-electron chi connectivity index (χ0n) is 9.24. The quantitative estimate of drug-likeness (QED) is 0.663. The lowest BCUT2D eigenvalue weighted by Crippen LogP contribution is -2.40. The molecule has 0 aliphatic carbocycles. The summed E-state index contributed by atoms with van der Waals surface area (Å²) in [6.45, 7) is 4.02. The van der Waals surface area contributed by atoms with E-state index < -0.39 is 24.6 Å². The van der Waals surface area contributed by atoms with E-state index in [1.165, 1.54) is 0 Å². The van der Waals surface area contributed by atoms with Crippen molar-refractivity contribution in [2.75, 3.05) is 6.61 Å². The first-order valence-corrected chi connectivity index (χ1v) is 5.56. The van der Waals surface area contributed by atoms with Crippen LogP contribution in [0.15, 0.2) is 0 Å². The van der Waals surface area contributed by atoms with Crippen LogP contribution in [0.25, 0.3) is 0 Å². The minimum atomic E-state index is -0.728. The molecule has 3 aliphatic rings. The summed E-state index contributed by atoms with van der Waals surface area (Å²) in [5.74, 6) is 0. The molecule has 3 heterocycles. The van der Waals surface area contributed by atoms with E-state index in [1.807, 2.05) is 6.92 Å². The second-order valence-corrected chi connectivity index (χ2v) is 4.34. The summed E-state index contributed by atoms with van der Waals surface area (Å²) in [5.41, 5.74) is 0. The van der Waals surface area contributed by atoms with E-state index in [0.29, 0.717) is 6.61 Å². The van der Waals surface area contributed by atoms with Crippen LogP contribution in [0.2, 0.25) is 0 Å². The lowest BCUT2D eigenvalue weighted by atomic mass is 10.1. The van der Waals surface area contributed by atoms with Gasteiger partial charge in [-0.25, -0.2) is 0 Å². The molecule has 3 saturated heterocycles. The third-order valence-electron chi connectivity index (χ3n) is 3.14. The molecule has 0 spiro atoms. The highest BCUT2D eigenvalue weighted by molar-refractivity contribution is 4.95. The van der Waals surface area contributed by atoms with Crippen molar-refractivity contribution >= 4 is 0 Å². The Labute approximate surface area is 93.4 Å². The number of ether oxygens (including phenoxy) is 5. The standard InChI is InChI=1S/C10H16O6/c1-4-12-3-6(13-4)8-7(11)9-10(16-8)15-5(2)14-9/h4-11H,3H2,1-2H3/t4?,5?,6?,7-,8+,9+,10-/m0/s1. The number of aliphatic hydroxyl groups is 1. The summed E-state index contributed by atoms with van der Waals surface area (Å²) < 4.78 is 27.2. The Morgan fingerprint density at radius 2 is 1.75 bits per heavy atom. The molecule has 0 amide bonds. The summed E-state index contributed by atoms with van der Waals surface area (Å²) in [6.07, 6.45) is -2.90. The molecule has 0 radical (unpaired) electrons. The van der Waals surface area contributed by atoms with Crippen LogP contribution in [0.3, 0.4) is 0 Å². The van der Waals surface area contributed by atoms with Crippen LogP contribution in [0.1, 0.15) is 13.8 Å². The van der Waals surface area contributed by atoms with Gasteiger partial charge in [0.1, 0.15) is 24.4 Å². The molecule has 3 unspecified atom stereocenters. The fourth-order valence-corrected chi connectivity index (χ4v) is 2.39. The van der Waals surface area contributed by atoms with Crippen LogP contribution in [-0.4, -0.2) is 55.0 Å². The summed E-state index contributed by atoms with van der Waals surface area (Å²) in [5, 5.41) is 10.1. The molecule has 0 aromatic rings. The van der Waals surface area contributed by atoms with Gasteiger partial charge in [0.25, 0.3) is 0 Å². The van der Waals surface area contributed by atoms with Crippen LogP contribution >= 0.6 is 0 Å². The SMILES string of the molecule is CC1OCC([C@H]2O[C@@H]3OC(C)O[C@@H]3[C@H]2O)O1. The third-order valence-corrected chi connectivity index (χ3v) is 3.14. The van der Waals surface area contributed by atoms with E-state index >= 15 is 0 Å². The van der Waals surface area contributed by atoms with E-state index in [1.54, 1.807) is 6.92 Å². The first-order chi connectivity index (χ1) is 7.65. The van der Waals surface area contributed by atoms with Gasteiger partial charge in [-0.1, -0.05) is 0 Å². The van der Waals surface area contributed by atoms with Gasteiger partial charge in [0.05, 0.1) is 6.61 Å². The van der Waals surface area contributed by atoms with Crippen molar-refractivity contribution in [3.05, 3.63) is 0 Å². The highest BCUT2D eigenvalue weighted by atomic mass is 16.8. The van der Waals surface area contributed by atoms with Gasteiger partial charge in [-0.05, 0) is 13.8 Å². The number of fused-ring (bicyclic) bond motifs is 1. The van der Waals surface area contributed by atoms with E-state index in [9.17, 15) is 5.11 Å². The van der Waals surface area contributed by atoms with E-state index in [4.69, 9.17) is 23.7 Å². The molecule has 1 N–H and O–H groups in total. The first-order valence-electron chi connectivity index (χ1n) is 5.56. The second kappa shape index (κ2) is 3.90. The van der Waals surface area contributed by atoms with E-state index in [0.717, 1.165) is 0 Å². The molecule has 6 nitrogen and oxygen atoms in total. The van der Waals surface area contributed by atoms with Crippen LogP contribution in [-0.2, 0) is 23.7 Å². The van der Waals surface area contributed by atoms with Crippen molar-refractivity contribution in [2.45, 2.75) is 57.1 Å². The van der Waals surface area contributed by atoms with Crippen molar-refractivity contribution in [2.24, 2.45) is 0 Å². The molecule has 0 bridgehead atoms. The summed E-state index contributed by atoms with van der Waals surface area (Å²) in [7, 11) is 0. The zero-order valence-corrected chi connectivity index (χ0v) is 9.24. The molecule has 0 aromatic carbocycles. The topological polar surface area (TPSA) is 66.4 Å². The third kappa shape index (κ3) is 1.66. The Balaban J connectivity index is 1.67. The van der Waals surface area contributed by atoms with Crippen LogP contribution in [0, 0.1) is 0 Å². The number of hydrogen-bond donors (Lipinski definition) is 1. The normalized spacial score (nSPS) is 56.8. The fourth-order valence-electron chi connectivity index (χ4n) is 2.39. The van der Waals surface area contributed by atoms with Gasteiger partial charge < -0.3 is 28.8 Å². The molecule has 3 rings (SSSR count). The Morgan fingerprint density at radius 3 is 2.38 bits per heavy atom. The predicted molar refractivity (Wildman–Crippen MR) is 50.4 cm³/mol. The maximum atomic E-state index is 10.1. The maximum absolute atomic E-state index is 10.1. The van der Waals surface area contributed by atoms with Crippen LogP contribution < -0.4 is 0 Å². The average molecular weight is 232 g/mol. The first kappa shape index (κ1) is 10.9. The predicted octanol–water partition coefficient (Wildman–Crippen LogP) is -0.405. The highest BCUT2D eigenvalue weighted by Gasteiger charge is 2.54. The van der Waals surface area contributed by atoms with Crippen molar-refractivity contribution in [1.29, 1.82) is 0 Å². The Hall–Kier alpha value is -0.240. The molecule has 7 atom stereocenters. The number of rotatable bonds is 1. The van der Waals surface area contributed by atoms with Crippen molar-refractivity contribution in [1.82, 2.24) is 0 Å². The molecule has 3 aliphatic heterocycles.